The molecule has 0 fully saturated rings. The summed E-state index contributed by atoms with van der Waals surface area (Å²) < 4.78 is 7.99. The minimum Gasteiger partial charge on any atom is -0.481 e. The topological polar surface area (TPSA) is 85.8 Å². The molecule has 110 valence electrons. The summed E-state index contributed by atoms with van der Waals surface area (Å²) in [4.78, 5) is 28.9. The fraction of sp³-hybridized carbons (Fsp3) is 0.615. The van der Waals surface area contributed by atoms with E-state index in [2.05, 4.69) is 4.99 Å². The van der Waals surface area contributed by atoms with Crippen molar-refractivity contribution in [2.45, 2.75) is 39.8 Å². The largest absolute Gasteiger partial charge is 0.481 e. The van der Waals surface area contributed by atoms with E-state index >= 15 is 0 Å². The number of hydrogen-bond donors (Lipinski definition) is 1. The Morgan fingerprint density at radius 1 is 1.30 bits per heavy atom. The lowest BCUT2D eigenvalue weighted by Crippen LogP contribution is -2.41. The maximum absolute atomic E-state index is 12.3. The average Bonchev–Trinajstić information content (AvgIpc) is 2.83. The Labute approximate surface area is 116 Å². The summed E-state index contributed by atoms with van der Waals surface area (Å²) in [6.45, 7) is 4.74. The Hall–Kier alpha value is -1.89. The van der Waals surface area contributed by atoms with Crippen LogP contribution in [-0.4, -0.2) is 33.4 Å². The van der Waals surface area contributed by atoms with Crippen molar-refractivity contribution >= 4 is 11.7 Å². The first kappa shape index (κ1) is 14.5. The fourth-order valence-corrected chi connectivity index (χ4v) is 2.30. The van der Waals surface area contributed by atoms with Crippen LogP contribution in [0.2, 0.25) is 0 Å². The van der Waals surface area contributed by atoms with Crippen LogP contribution in [0.4, 0.5) is 5.82 Å². The molecule has 1 aromatic rings. The van der Waals surface area contributed by atoms with E-state index in [1.165, 1.54) is 9.13 Å². The minimum absolute atomic E-state index is 0.0597. The molecule has 0 spiro atoms. The van der Waals surface area contributed by atoms with Gasteiger partial charge in [0.2, 0.25) is 0 Å². The molecule has 2 heterocycles. The highest BCUT2D eigenvalue weighted by Gasteiger charge is 2.25. The van der Waals surface area contributed by atoms with Crippen LogP contribution < -0.4 is 11.2 Å². The standard InChI is InChI=1S/C13H19N3O4/c1-3-15-11-9(8-10(14-11)20-4-2)12(18)16(13(15)19)6-5-7-17/h17H,3-8H2,1-2H3. The van der Waals surface area contributed by atoms with Crippen LogP contribution in [0, 0.1) is 0 Å². The molecule has 1 N–H and O–H groups in total. The molecule has 20 heavy (non-hydrogen) atoms. The molecule has 0 radical (unpaired) electrons. The molecule has 0 bridgehead atoms. The highest BCUT2D eigenvalue weighted by Crippen LogP contribution is 2.22. The van der Waals surface area contributed by atoms with Crippen molar-refractivity contribution in [3.8, 4) is 0 Å². The van der Waals surface area contributed by atoms with E-state index in [0.717, 1.165) is 0 Å². The van der Waals surface area contributed by atoms with Gasteiger partial charge >= 0.3 is 5.69 Å². The third kappa shape index (κ3) is 2.40. The summed E-state index contributed by atoms with van der Waals surface area (Å²) in [6.07, 6.45) is 0.693. The van der Waals surface area contributed by atoms with Crippen LogP contribution >= 0.6 is 0 Å². The third-order valence-corrected chi connectivity index (χ3v) is 3.22. The highest BCUT2D eigenvalue weighted by atomic mass is 16.5. The molecule has 7 heteroatoms. The van der Waals surface area contributed by atoms with E-state index in [-0.39, 0.29) is 24.4 Å². The predicted molar refractivity (Wildman–Crippen MR) is 74.8 cm³/mol. The Morgan fingerprint density at radius 2 is 2.05 bits per heavy atom. The number of hydrogen-bond acceptors (Lipinski definition) is 5. The fourth-order valence-electron chi connectivity index (χ4n) is 2.30. The SMILES string of the molecule is CCOC1=Nc2c(c(=O)n(CCCO)c(=O)n2CC)C1. The van der Waals surface area contributed by atoms with Gasteiger partial charge in [-0.3, -0.25) is 13.9 Å². The molecule has 0 amide bonds. The van der Waals surface area contributed by atoms with Crippen molar-refractivity contribution in [2.75, 3.05) is 13.2 Å². The van der Waals surface area contributed by atoms with Crippen molar-refractivity contribution in [3.63, 3.8) is 0 Å². The van der Waals surface area contributed by atoms with Crippen molar-refractivity contribution < 1.29 is 9.84 Å². The predicted octanol–water partition coefficient (Wildman–Crippen LogP) is 0.0349. The third-order valence-electron chi connectivity index (χ3n) is 3.22. The lowest BCUT2D eigenvalue weighted by Gasteiger charge is -2.11. The summed E-state index contributed by atoms with van der Waals surface area (Å²) in [5, 5.41) is 8.87. The van der Waals surface area contributed by atoms with Crippen LogP contribution in [0.25, 0.3) is 0 Å². The summed E-state index contributed by atoms with van der Waals surface area (Å²) >= 11 is 0. The number of ether oxygens (including phenoxy) is 1. The van der Waals surface area contributed by atoms with Gasteiger partial charge in [-0.25, -0.2) is 4.79 Å². The highest BCUT2D eigenvalue weighted by molar-refractivity contribution is 5.86. The summed E-state index contributed by atoms with van der Waals surface area (Å²) in [5.74, 6) is 0.882. The van der Waals surface area contributed by atoms with Gasteiger partial charge in [0.05, 0.1) is 18.6 Å². The molecule has 1 aliphatic rings. The molecule has 0 atom stereocenters. The molecule has 0 unspecified atom stereocenters. The molecule has 1 aliphatic heterocycles. The first-order valence-electron chi connectivity index (χ1n) is 6.81. The van der Waals surface area contributed by atoms with Gasteiger partial charge in [0.15, 0.2) is 5.90 Å². The van der Waals surface area contributed by atoms with Gasteiger partial charge in [0, 0.05) is 19.7 Å². The monoisotopic (exact) mass is 281 g/mol. The smallest absolute Gasteiger partial charge is 0.332 e. The maximum atomic E-state index is 12.3. The van der Waals surface area contributed by atoms with Gasteiger partial charge in [-0.15, -0.1) is 0 Å². The van der Waals surface area contributed by atoms with Crippen molar-refractivity contribution in [1.82, 2.24) is 9.13 Å². The van der Waals surface area contributed by atoms with E-state index in [1.54, 1.807) is 0 Å². The van der Waals surface area contributed by atoms with E-state index in [1.807, 2.05) is 13.8 Å². The molecule has 0 saturated carbocycles. The van der Waals surface area contributed by atoms with E-state index in [4.69, 9.17) is 9.84 Å². The second kappa shape index (κ2) is 6.04. The first-order valence-corrected chi connectivity index (χ1v) is 6.81. The van der Waals surface area contributed by atoms with Gasteiger partial charge in [-0.2, -0.15) is 4.99 Å². The molecule has 0 saturated heterocycles. The molecular weight excluding hydrogens is 262 g/mol. The van der Waals surface area contributed by atoms with Gasteiger partial charge < -0.3 is 9.84 Å². The number of aliphatic hydroxyl groups excluding tert-OH is 1. The number of aromatic nitrogens is 2. The Bertz CT molecular complexity index is 642. The van der Waals surface area contributed by atoms with Crippen molar-refractivity contribution in [1.29, 1.82) is 0 Å². The van der Waals surface area contributed by atoms with Gasteiger partial charge in [-0.1, -0.05) is 0 Å². The lowest BCUT2D eigenvalue weighted by atomic mass is 10.2. The average molecular weight is 281 g/mol. The van der Waals surface area contributed by atoms with Gasteiger partial charge in [0.25, 0.3) is 5.56 Å². The zero-order valence-electron chi connectivity index (χ0n) is 11.8. The second-order valence-corrected chi connectivity index (χ2v) is 4.48. The number of rotatable bonds is 5. The van der Waals surface area contributed by atoms with Gasteiger partial charge in [0.1, 0.15) is 5.82 Å². The second-order valence-electron chi connectivity index (χ2n) is 4.48. The molecule has 2 rings (SSSR count). The molecule has 0 aromatic carbocycles. The van der Waals surface area contributed by atoms with Crippen LogP contribution in [0.15, 0.2) is 14.6 Å². The quantitative estimate of drug-likeness (QED) is 0.825. The maximum Gasteiger partial charge on any atom is 0.332 e. The van der Waals surface area contributed by atoms with Crippen molar-refractivity contribution in [2.24, 2.45) is 4.99 Å². The number of fused-ring (bicyclic) bond motifs is 1. The zero-order valence-corrected chi connectivity index (χ0v) is 11.8. The van der Waals surface area contributed by atoms with Crippen LogP contribution in [0.1, 0.15) is 25.8 Å². The Balaban J connectivity index is 2.55. The van der Waals surface area contributed by atoms with Crippen molar-refractivity contribution in [3.05, 3.63) is 26.4 Å². The van der Waals surface area contributed by atoms with Crippen LogP contribution in [-0.2, 0) is 24.2 Å². The van der Waals surface area contributed by atoms with Crippen LogP contribution in [0.5, 0.6) is 0 Å². The summed E-state index contributed by atoms with van der Waals surface area (Å²) in [7, 11) is 0. The van der Waals surface area contributed by atoms with Gasteiger partial charge in [-0.05, 0) is 20.3 Å². The molecule has 0 aliphatic carbocycles. The van der Waals surface area contributed by atoms with E-state index in [0.29, 0.717) is 43.3 Å². The lowest BCUT2D eigenvalue weighted by molar-refractivity contribution is 0.277. The zero-order chi connectivity index (χ0) is 14.7. The molecule has 1 aromatic heterocycles. The number of nitrogens with zero attached hydrogens (tertiary/aromatic N) is 3. The summed E-state index contributed by atoms with van der Waals surface area (Å²) in [5.41, 5.74) is -0.222. The summed E-state index contributed by atoms with van der Waals surface area (Å²) in [6, 6.07) is 0. The molecular formula is C13H19N3O4. The van der Waals surface area contributed by atoms with Crippen LogP contribution in [0.3, 0.4) is 0 Å². The number of aliphatic hydroxyl groups is 1. The Morgan fingerprint density at radius 3 is 2.65 bits per heavy atom. The molecule has 7 nitrogen and oxygen atoms in total. The first-order chi connectivity index (χ1) is 9.63. The normalized spacial score (nSPS) is 13.2. The number of aliphatic imine (C=N–C) groups is 1. The Kier molecular flexibility index (Phi) is 4.39. The van der Waals surface area contributed by atoms with E-state index in [9.17, 15) is 9.59 Å². The minimum atomic E-state index is -0.383. The van der Waals surface area contributed by atoms with E-state index < -0.39 is 0 Å².